The van der Waals surface area contributed by atoms with Crippen LogP contribution in [-0.2, 0) is 6.61 Å². The molecule has 2 aromatic carbocycles. The zero-order chi connectivity index (χ0) is 14.7. The molecule has 1 aromatic heterocycles. The highest BCUT2D eigenvalue weighted by Crippen LogP contribution is 2.26. The number of hydrogen-bond acceptors (Lipinski definition) is 4. The minimum Gasteiger partial charge on any atom is -0.487 e. The lowest BCUT2D eigenvalue weighted by molar-refractivity contribution is 0.307. The van der Waals surface area contributed by atoms with E-state index in [1.807, 2.05) is 48.5 Å². The fraction of sp³-hybridized carbons (Fsp3) is 0.0625. The smallest absolute Gasteiger partial charge is 0.147 e. The molecule has 0 fully saturated rings. The summed E-state index contributed by atoms with van der Waals surface area (Å²) >= 11 is 6.08. The first-order chi connectivity index (χ1) is 10.3. The molecular weight excluding hydrogens is 286 g/mol. The summed E-state index contributed by atoms with van der Waals surface area (Å²) in [6.07, 6.45) is 0. The van der Waals surface area contributed by atoms with E-state index in [1.54, 1.807) is 6.07 Å². The summed E-state index contributed by atoms with van der Waals surface area (Å²) in [6, 6.07) is 17.2. The molecule has 0 amide bonds. The summed E-state index contributed by atoms with van der Waals surface area (Å²) in [7, 11) is 0. The van der Waals surface area contributed by atoms with Gasteiger partial charge in [0, 0.05) is 10.9 Å². The first-order valence-electron chi connectivity index (χ1n) is 6.50. The van der Waals surface area contributed by atoms with Gasteiger partial charge >= 0.3 is 0 Å². The van der Waals surface area contributed by atoms with E-state index in [-0.39, 0.29) is 0 Å². The van der Waals surface area contributed by atoms with Gasteiger partial charge in [0.05, 0.1) is 10.5 Å². The van der Waals surface area contributed by atoms with Gasteiger partial charge in [-0.3, -0.25) is 0 Å². The van der Waals surface area contributed by atoms with Crippen molar-refractivity contribution in [3.05, 3.63) is 65.2 Å². The number of halogens is 1. The zero-order valence-electron chi connectivity index (χ0n) is 11.2. The standard InChI is InChI=1S/C16H14ClN3O/c17-13-6-2-4-8-15(13)21-10-12-9-11-5-1-3-7-14(11)19-16(12)20-18/h1-9H,10,18H2,(H,19,20). The fourth-order valence-corrected chi connectivity index (χ4v) is 2.30. The Labute approximate surface area is 127 Å². The van der Waals surface area contributed by atoms with Gasteiger partial charge in [0.15, 0.2) is 0 Å². The van der Waals surface area contributed by atoms with E-state index in [0.717, 1.165) is 16.5 Å². The molecule has 0 unspecified atom stereocenters. The molecular formula is C16H14ClN3O. The molecule has 3 N–H and O–H groups in total. The molecule has 0 spiro atoms. The molecule has 0 aliphatic heterocycles. The van der Waals surface area contributed by atoms with Crippen molar-refractivity contribution in [2.24, 2.45) is 5.84 Å². The van der Waals surface area contributed by atoms with Gasteiger partial charge < -0.3 is 10.2 Å². The summed E-state index contributed by atoms with van der Waals surface area (Å²) in [5.41, 5.74) is 4.37. The molecule has 0 atom stereocenters. The first kappa shape index (κ1) is 13.7. The fourth-order valence-electron chi connectivity index (χ4n) is 2.11. The lowest BCUT2D eigenvalue weighted by atomic mass is 10.1. The Bertz CT molecular complexity index is 776. The van der Waals surface area contributed by atoms with E-state index in [1.165, 1.54) is 0 Å². The number of nitrogens with one attached hydrogen (secondary N) is 1. The number of fused-ring (bicyclic) bond motifs is 1. The molecule has 106 valence electrons. The van der Waals surface area contributed by atoms with Gasteiger partial charge in [0.1, 0.15) is 18.2 Å². The van der Waals surface area contributed by atoms with Crippen LogP contribution in [0.1, 0.15) is 5.56 Å². The van der Waals surface area contributed by atoms with Gasteiger partial charge in [-0.15, -0.1) is 0 Å². The summed E-state index contributed by atoms with van der Waals surface area (Å²) in [4.78, 5) is 4.48. The van der Waals surface area contributed by atoms with Crippen LogP contribution in [0.25, 0.3) is 10.9 Å². The highest BCUT2D eigenvalue weighted by atomic mass is 35.5. The van der Waals surface area contributed by atoms with Crippen LogP contribution in [-0.4, -0.2) is 4.98 Å². The number of nitrogen functional groups attached to an aromatic ring is 1. The van der Waals surface area contributed by atoms with Crippen LogP contribution < -0.4 is 16.0 Å². The van der Waals surface area contributed by atoms with Crippen LogP contribution in [0, 0.1) is 0 Å². The number of pyridine rings is 1. The van der Waals surface area contributed by atoms with Crippen LogP contribution in [0.15, 0.2) is 54.6 Å². The average molecular weight is 300 g/mol. The van der Waals surface area contributed by atoms with Crippen molar-refractivity contribution in [2.45, 2.75) is 6.61 Å². The number of nitrogens with zero attached hydrogens (tertiary/aromatic N) is 1. The lowest BCUT2D eigenvalue weighted by Crippen LogP contribution is -2.12. The number of para-hydroxylation sites is 2. The highest BCUT2D eigenvalue weighted by molar-refractivity contribution is 6.32. The molecule has 0 aliphatic carbocycles. The van der Waals surface area contributed by atoms with Gasteiger partial charge in [-0.25, -0.2) is 10.8 Å². The van der Waals surface area contributed by atoms with Gasteiger partial charge in [0.2, 0.25) is 0 Å². The van der Waals surface area contributed by atoms with E-state index in [4.69, 9.17) is 22.2 Å². The third kappa shape index (κ3) is 2.91. The van der Waals surface area contributed by atoms with Crippen LogP contribution in [0.5, 0.6) is 5.75 Å². The van der Waals surface area contributed by atoms with Crippen LogP contribution in [0.2, 0.25) is 5.02 Å². The molecule has 0 aliphatic rings. The van der Waals surface area contributed by atoms with Crippen LogP contribution in [0.3, 0.4) is 0 Å². The topological polar surface area (TPSA) is 60.2 Å². The molecule has 0 saturated carbocycles. The number of nitrogens with two attached hydrogens (primary N) is 1. The summed E-state index contributed by atoms with van der Waals surface area (Å²) in [5.74, 6) is 6.78. The largest absolute Gasteiger partial charge is 0.487 e. The average Bonchev–Trinajstić information content (AvgIpc) is 2.53. The van der Waals surface area contributed by atoms with Crippen LogP contribution in [0.4, 0.5) is 5.82 Å². The lowest BCUT2D eigenvalue weighted by Gasteiger charge is -2.12. The maximum absolute atomic E-state index is 6.08. The second kappa shape index (κ2) is 5.99. The Morgan fingerprint density at radius 2 is 1.86 bits per heavy atom. The van der Waals surface area contributed by atoms with Crippen molar-refractivity contribution in [3.8, 4) is 5.75 Å². The zero-order valence-corrected chi connectivity index (χ0v) is 12.0. The third-order valence-electron chi connectivity index (χ3n) is 3.16. The van der Waals surface area contributed by atoms with E-state index in [0.29, 0.717) is 23.2 Å². The molecule has 21 heavy (non-hydrogen) atoms. The number of hydrazine groups is 1. The Hall–Kier alpha value is -2.30. The van der Waals surface area contributed by atoms with Crippen molar-refractivity contribution < 1.29 is 4.74 Å². The predicted octanol–water partition coefficient (Wildman–Crippen LogP) is 3.75. The quantitative estimate of drug-likeness (QED) is 0.569. The maximum Gasteiger partial charge on any atom is 0.147 e. The summed E-state index contributed by atoms with van der Waals surface area (Å²) < 4.78 is 5.75. The van der Waals surface area contributed by atoms with Crippen molar-refractivity contribution in [3.63, 3.8) is 0 Å². The van der Waals surface area contributed by atoms with E-state index in [2.05, 4.69) is 10.4 Å². The van der Waals surface area contributed by atoms with E-state index < -0.39 is 0 Å². The van der Waals surface area contributed by atoms with Crippen molar-refractivity contribution in [1.29, 1.82) is 0 Å². The minimum absolute atomic E-state index is 0.334. The number of benzene rings is 2. The Balaban J connectivity index is 1.91. The number of hydrogen-bond donors (Lipinski definition) is 2. The van der Waals surface area contributed by atoms with Crippen molar-refractivity contribution in [1.82, 2.24) is 4.98 Å². The van der Waals surface area contributed by atoms with Gasteiger partial charge in [-0.2, -0.15) is 0 Å². The number of ether oxygens (including phenoxy) is 1. The first-order valence-corrected chi connectivity index (χ1v) is 6.88. The second-order valence-corrected chi connectivity index (χ2v) is 4.96. The molecule has 5 heteroatoms. The Morgan fingerprint density at radius 3 is 2.67 bits per heavy atom. The van der Waals surface area contributed by atoms with E-state index in [9.17, 15) is 0 Å². The Kier molecular flexibility index (Phi) is 3.90. The van der Waals surface area contributed by atoms with Crippen molar-refractivity contribution in [2.75, 3.05) is 5.43 Å². The Morgan fingerprint density at radius 1 is 1.10 bits per heavy atom. The number of aromatic nitrogens is 1. The van der Waals surface area contributed by atoms with E-state index >= 15 is 0 Å². The van der Waals surface area contributed by atoms with Gasteiger partial charge in [0.25, 0.3) is 0 Å². The number of rotatable bonds is 4. The number of anilines is 1. The molecule has 4 nitrogen and oxygen atoms in total. The third-order valence-corrected chi connectivity index (χ3v) is 3.47. The predicted molar refractivity (Wildman–Crippen MR) is 85.3 cm³/mol. The molecule has 0 saturated heterocycles. The molecule has 3 rings (SSSR count). The molecule has 3 aromatic rings. The SMILES string of the molecule is NNc1nc2ccccc2cc1COc1ccccc1Cl. The van der Waals surface area contributed by atoms with Gasteiger partial charge in [-0.05, 0) is 24.3 Å². The minimum atomic E-state index is 0.334. The monoisotopic (exact) mass is 299 g/mol. The summed E-state index contributed by atoms with van der Waals surface area (Å²) in [5, 5.41) is 1.61. The second-order valence-electron chi connectivity index (χ2n) is 4.55. The van der Waals surface area contributed by atoms with Crippen LogP contribution >= 0.6 is 11.6 Å². The van der Waals surface area contributed by atoms with Crippen molar-refractivity contribution >= 4 is 28.3 Å². The molecule has 0 radical (unpaired) electrons. The summed E-state index contributed by atoms with van der Waals surface area (Å²) in [6.45, 7) is 0.334. The molecule has 0 bridgehead atoms. The van der Waals surface area contributed by atoms with Gasteiger partial charge in [-0.1, -0.05) is 41.9 Å². The highest BCUT2D eigenvalue weighted by Gasteiger charge is 2.08. The maximum atomic E-state index is 6.08. The normalized spacial score (nSPS) is 10.6. The molecule has 1 heterocycles.